The molecule has 2 aliphatic heterocycles. The number of benzene rings is 2. The molecule has 7 heteroatoms. The predicted molar refractivity (Wildman–Crippen MR) is 131 cm³/mol. The van der Waals surface area contributed by atoms with Crippen molar-refractivity contribution >= 4 is 18.0 Å². The number of alkyl carbamates (subject to hydrolysis) is 1. The standard InChI is InChI=1S/C28H32N2O5/c1-2-25(27(33)30-18-11-12-19(30)14-17(13-18)15-26(31)32)29-28(34)35-16-24-22-9-5-3-7-20(22)21-8-4-6-10-23(21)24/h3-10,17-19,24-25H,2,11-16H2,1H3,(H,29,34)(H,31,32)/t17?,18?,19?,25-/m1/s1. The summed E-state index contributed by atoms with van der Waals surface area (Å²) in [5, 5.41) is 12.0. The van der Waals surface area contributed by atoms with E-state index in [1.165, 1.54) is 11.1 Å². The molecule has 3 aliphatic rings. The lowest BCUT2D eigenvalue weighted by atomic mass is 9.87. The molecule has 2 aromatic rings. The average Bonchev–Trinajstić information content (AvgIpc) is 3.31. The van der Waals surface area contributed by atoms with E-state index in [1.54, 1.807) is 0 Å². The van der Waals surface area contributed by atoms with E-state index < -0.39 is 18.1 Å². The Labute approximate surface area is 205 Å². The first-order valence-corrected chi connectivity index (χ1v) is 12.6. The molecule has 5 rings (SSSR count). The van der Waals surface area contributed by atoms with Gasteiger partial charge in [-0.25, -0.2) is 4.79 Å². The fourth-order valence-electron chi connectivity index (χ4n) is 6.36. The van der Waals surface area contributed by atoms with Gasteiger partial charge in [-0.3, -0.25) is 9.59 Å². The molecule has 2 N–H and O–H groups in total. The van der Waals surface area contributed by atoms with Crippen molar-refractivity contribution in [2.24, 2.45) is 5.92 Å². The van der Waals surface area contributed by atoms with Crippen molar-refractivity contribution < 1.29 is 24.2 Å². The second kappa shape index (κ2) is 9.72. The van der Waals surface area contributed by atoms with Gasteiger partial charge in [0.05, 0.1) is 0 Å². The minimum atomic E-state index is -0.780. The smallest absolute Gasteiger partial charge is 0.407 e. The molecule has 0 radical (unpaired) electrons. The molecule has 0 spiro atoms. The second-order valence-electron chi connectivity index (χ2n) is 10.00. The number of fused-ring (bicyclic) bond motifs is 5. The second-order valence-corrected chi connectivity index (χ2v) is 10.00. The number of carboxylic acid groups (broad SMARTS) is 1. The highest BCUT2D eigenvalue weighted by atomic mass is 16.5. The number of piperidine rings is 1. The summed E-state index contributed by atoms with van der Waals surface area (Å²) in [6.07, 6.45) is 3.27. The molecule has 0 saturated carbocycles. The van der Waals surface area contributed by atoms with Crippen LogP contribution < -0.4 is 5.32 Å². The van der Waals surface area contributed by atoms with Crippen LogP contribution in [0.3, 0.4) is 0 Å². The van der Waals surface area contributed by atoms with Gasteiger partial charge in [0.2, 0.25) is 5.91 Å². The average molecular weight is 477 g/mol. The normalized spacial score (nSPS) is 23.3. The van der Waals surface area contributed by atoms with E-state index >= 15 is 0 Å². The summed E-state index contributed by atoms with van der Waals surface area (Å²) in [7, 11) is 0. The Balaban J connectivity index is 1.21. The number of nitrogens with zero attached hydrogens (tertiary/aromatic N) is 1. The molecule has 2 saturated heterocycles. The maximum Gasteiger partial charge on any atom is 0.407 e. The molecule has 2 amide bonds. The van der Waals surface area contributed by atoms with Crippen molar-refractivity contribution in [3.8, 4) is 11.1 Å². The molecular weight excluding hydrogens is 444 g/mol. The molecule has 0 aromatic heterocycles. The van der Waals surface area contributed by atoms with Crippen LogP contribution in [0.15, 0.2) is 48.5 Å². The highest BCUT2D eigenvalue weighted by Crippen LogP contribution is 2.44. The van der Waals surface area contributed by atoms with E-state index in [0.29, 0.717) is 6.42 Å². The van der Waals surface area contributed by atoms with Crippen molar-refractivity contribution in [2.45, 2.75) is 69.5 Å². The summed E-state index contributed by atoms with van der Waals surface area (Å²) >= 11 is 0. The number of aliphatic carboxylic acids is 1. The highest BCUT2D eigenvalue weighted by molar-refractivity contribution is 5.86. The number of hydrogen-bond donors (Lipinski definition) is 2. The van der Waals surface area contributed by atoms with Gasteiger partial charge in [0.1, 0.15) is 12.6 Å². The lowest BCUT2D eigenvalue weighted by molar-refractivity contribution is -0.141. The number of hydrogen-bond acceptors (Lipinski definition) is 4. The molecule has 2 bridgehead atoms. The maximum atomic E-state index is 13.4. The SMILES string of the molecule is CC[C@@H](NC(=O)OCC1c2ccccc2-c2ccccc21)C(=O)N1C2CCC1CC(CC(=O)O)C2. The number of rotatable bonds is 7. The molecule has 7 nitrogen and oxygen atoms in total. The molecule has 2 fully saturated rings. The third kappa shape index (κ3) is 4.51. The minimum absolute atomic E-state index is 0.0342. The van der Waals surface area contributed by atoms with Gasteiger partial charge in [-0.2, -0.15) is 0 Å². The molecule has 2 aromatic carbocycles. The van der Waals surface area contributed by atoms with Crippen LogP contribution in [0.5, 0.6) is 0 Å². The number of ether oxygens (including phenoxy) is 1. The number of amides is 2. The van der Waals surface area contributed by atoms with Crippen LogP contribution in [0.25, 0.3) is 11.1 Å². The van der Waals surface area contributed by atoms with Gasteiger partial charge in [-0.15, -0.1) is 0 Å². The molecule has 3 atom stereocenters. The fraction of sp³-hybridized carbons (Fsp3) is 0.464. The number of nitrogens with one attached hydrogen (secondary N) is 1. The van der Waals surface area contributed by atoms with Crippen LogP contribution in [-0.4, -0.2) is 52.7 Å². The van der Waals surface area contributed by atoms with Crippen LogP contribution in [0.1, 0.15) is 62.5 Å². The summed E-state index contributed by atoms with van der Waals surface area (Å²) in [5.74, 6) is -0.780. The van der Waals surface area contributed by atoms with Gasteiger partial charge in [0.15, 0.2) is 0 Å². The fourth-order valence-corrected chi connectivity index (χ4v) is 6.36. The number of carbonyl (C=O) groups excluding carboxylic acids is 2. The van der Waals surface area contributed by atoms with E-state index in [4.69, 9.17) is 9.84 Å². The Morgan fingerprint density at radius 3 is 2.11 bits per heavy atom. The zero-order chi connectivity index (χ0) is 24.5. The van der Waals surface area contributed by atoms with Gasteiger partial charge < -0.3 is 20.1 Å². The predicted octanol–water partition coefficient (Wildman–Crippen LogP) is 4.55. The van der Waals surface area contributed by atoms with Gasteiger partial charge in [0, 0.05) is 24.4 Å². The first kappa shape index (κ1) is 23.4. The van der Waals surface area contributed by atoms with E-state index in [0.717, 1.165) is 36.8 Å². The summed E-state index contributed by atoms with van der Waals surface area (Å²) in [4.78, 5) is 39.2. The van der Waals surface area contributed by atoms with Crippen molar-refractivity contribution in [3.63, 3.8) is 0 Å². The zero-order valence-corrected chi connectivity index (χ0v) is 20.0. The van der Waals surface area contributed by atoms with E-state index in [2.05, 4.69) is 29.6 Å². The molecule has 184 valence electrons. The largest absolute Gasteiger partial charge is 0.481 e. The third-order valence-electron chi connectivity index (χ3n) is 7.89. The van der Waals surface area contributed by atoms with Crippen LogP contribution >= 0.6 is 0 Å². The third-order valence-corrected chi connectivity index (χ3v) is 7.89. The summed E-state index contributed by atoms with van der Waals surface area (Å²) < 4.78 is 5.65. The monoisotopic (exact) mass is 476 g/mol. The molecule has 2 unspecified atom stereocenters. The van der Waals surface area contributed by atoms with Gasteiger partial charge in [-0.05, 0) is 60.3 Å². The Morgan fingerprint density at radius 1 is 1.00 bits per heavy atom. The molecule has 1 aliphatic carbocycles. The van der Waals surface area contributed by atoms with Crippen molar-refractivity contribution in [2.75, 3.05) is 6.61 Å². The summed E-state index contributed by atoms with van der Waals surface area (Å²) in [6, 6.07) is 15.8. The first-order chi connectivity index (χ1) is 17.0. The van der Waals surface area contributed by atoms with Crippen LogP contribution in [0, 0.1) is 5.92 Å². The van der Waals surface area contributed by atoms with E-state index in [-0.39, 0.29) is 42.9 Å². The van der Waals surface area contributed by atoms with Gasteiger partial charge in [-0.1, -0.05) is 55.5 Å². The highest BCUT2D eigenvalue weighted by Gasteiger charge is 2.45. The van der Waals surface area contributed by atoms with Crippen LogP contribution in [0.2, 0.25) is 0 Å². The minimum Gasteiger partial charge on any atom is -0.481 e. The zero-order valence-electron chi connectivity index (χ0n) is 20.0. The van der Waals surface area contributed by atoms with E-state index in [9.17, 15) is 14.4 Å². The van der Waals surface area contributed by atoms with E-state index in [1.807, 2.05) is 36.1 Å². The lowest BCUT2D eigenvalue weighted by Crippen LogP contribution is -2.54. The van der Waals surface area contributed by atoms with Gasteiger partial charge >= 0.3 is 12.1 Å². The Morgan fingerprint density at radius 2 is 1.57 bits per heavy atom. The lowest BCUT2D eigenvalue weighted by Gasteiger charge is -2.40. The van der Waals surface area contributed by atoms with Crippen LogP contribution in [0.4, 0.5) is 4.79 Å². The Bertz CT molecular complexity index is 1070. The van der Waals surface area contributed by atoms with Crippen molar-refractivity contribution in [1.29, 1.82) is 0 Å². The first-order valence-electron chi connectivity index (χ1n) is 12.6. The Hall–Kier alpha value is -3.35. The number of carbonyl (C=O) groups is 3. The topological polar surface area (TPSA) is 95.9 Å². The molecule has 35 heavy (non-hydrogen) atoms. The van der Waals surface area contributed by atoms with Gasteiger partial charge in [0.25, 0.3) is 0 Å². The quantitative estimate of drug-likeness (QED) is 0.611. The summed E-state index contributed by atoms with van der Waals surface area (Å²) in [6.45, 7) is 2.09. The maximum absolute atomic E-state index is 13.4. The Kier molecular flexibility index (Phi) is 6.50. The molecule has 2 heterocycles. The summed E-state index contributed by atoms with van der Waals surface area (Å²) in [5.41, 5.74) is 4.62. The molecular formula is C28H32N2O5. The number of carboxylic acids is 1. The van der Waals surface area contributed by atoms with Crippen LogP contribution in [-0.2, 0) is 14.3 Å². The van der Waals surface area contributed by atoms with Crippen molar-refractivity contribution in [3.05, 3.63) is 59.7 Å². The van der Waals surface area contributed by atoms with Crippen molar-refractivity contribution in [1.82, 2.24) is 10.2 Å².